The summed E-state index contributed by atoms with van der Waals surface area (Å²) in [4.78, 5) is 14.5. The highest BCUT2D eigenvalue weighted by Crippen LogP contribution is 2.39. The molecule has 1 aromatic heterocycles. The summed E-state index contributed by atoms with van der Waals surface area (Å²) in [6, 6.07) is 8.36. The molecule has 23 heavy (non-hydrogen) atoms. The fraction of sp³-hybridized carbons (Fsp3) is 0.444. The Balaban J connectivity index is 1.41. The summed E-state index contributed by atoms with van der Waals surface area (Å²) in [5.74, 6) is 0.477. The highest BCUT2D eigenvalue weighted by Gasteiger charge is 2.26. The van der Waals surface area contributed by atoms with E-state index in [1.165, 1.54) is 30.5 Å². The van der Waals surface area contributed by atoms with Crippen LogP contribution in [0.25, 0.3) is 0 Å². The first-order valence-electron chi connectivity index (χ1n) is 8.37. The first kappa shape index (κ1) is 14.3. The lowest BCUT2D eigenvalue weighted by atomic mass is 9.99. The minimum atomic E-state index is -0.108. The molecule has 2 aliphatic rings. The zero-order valence-electron chi connectivity index (χ0n) is 13.4. The van der Waals surface area contributed by atoms with Crippen LogP contribution in [-0.2, 0) is 13.0 Å². The van der Waals surface area contributed by atoms with Crippen molar-refractivity contribution in [3.63, 3.8) is 0 Å². The zero-order valence-corrected chi connectivity index (χ0v) is 13.4. The Morgan fingerprint density at radius 3 is 3.09 bits per heavy atom. The lowest BCUT2D eigenvalue weighted by Gasteiger charge is -2.27. The molecule has 0 unspecified atom stereocenters. The molecule has 1 aliphatic heterocycles. The van der Waals surface area contributed by atoms with Crippen LogP contribution in [0.2, 0.25) is 0 Å². The molecule has 1 fully saturated rings. The Hall–Kier alpha value is -2.30. The molecule has 0 spiro atoms. The SMILES string of the molecule is CN1CCCc2cc(CNC(=O)c3cc(C4CC4)[nH]n3)ccc21. The van der Waals surface area contributed by atoms with Gasteiger partial charge in [0.2, 0.25) is 0 Å². The number of hydrogen-bond acceptors (Lipinski definition) is 3. The maximum atomic E-state index is 12.2. The van der Waals surface area contributed by atoms with Crippen LogP contribution in [0.1, 0.15) is 52.5 Å². The molecule has 0 atom stereocenters. The molecule has 1 saturated carbocycles. The van der Waals surface area contributed by atoms with Crippen molar-refractivity contribution in [3.8, 4) is 0 Å². The first-order chi connectivity index (χ1) is 11.2. The summed E-state index contributed by atoms with van der Waals surface area (Å²) < 4.78 is 0. The van der Waals surface area contributed by atoms with Crippen LogP contribution >= 0.6 is 0 Å². The largest absolute Gasteiger partial charge is 0.374 e. The minimum Gasteiger partial charge on any atom is -0.374 e. The Morgan fingerprint density at radius 2 is 2.26 bits per heavy atom. The fourth-order valence-corrected chi connectivity index (χ4v) is 3.28. The second kappa shape index (κ2) is 5.72. The van der Waals surface area contributed by atoms with Crippen molar-refractivity contribution < 1.29 is 4.79 Å². The van der Waals surface area contributed by atoms with Crippen LogP contribution in [0, 0.1) is 0 Å². The van der Waals surface area contributed by atoms with Crippen molar-refractivity contribution in [1.82, 2.24) is 15.5 Å². The number of carbonyl (C=O) groups excluding carboxylic acids is 1. The number of nitrogens with one attached hydrogen (secondary N) is 2. The van der Waals surface area contributed by atoms with Crippen LogP contribution < -0.4 is 10.2 Å². The third-order valence-corrected chi connectivity index (χ3v) is 4.80. The van der Waals surface area contributed by atoms with Crippen molar-refractivity contribution in [1.29, 1.82) is 0 Å². The van der Waals surface area contributed by atoms with E-state index in [1.807, 2.05) is 6.07 Å². The van der Waals surface area contributed by atoms with E-state index in [-0.39, 0.29) is 5.91 Å². The second-order valence-corrected chi connectivity index (χ2v) is 6.65. The van der Waals surface area contributed by atoms with E-state index in [0.717, 1.165) is 24.2 Å². The standard InChI is InChI=1S/C18H22N4O/c1-22-8-2-3-14-9-12(4-7-17(14)22)11-19-18(23)16-10-15(20-21-16)13-5-6-13/h4,7,9-10,13H,2-3,5-6,8,11H2,1H3,(H,19,23)(H,20,21). The molecule has 5 heteroatoms. The number of rotatable bonds is 4. The maximum absolute atomic E-state index is 12.2. The molecular weight excluding hydrogens is 288 g/mol. The van der Waals surface area contributed by atoms with Crippen LogP contribution in [-0.4, -0.2) is 29.7 Å². The van der Waals surface area contributed by atoms with Crippen molar-refractivity contribution in [2.24, 2.45) is 0 Å². The highest BCUT2D eigenvalue weighted by atomic mass is 16.1. The van der Waals surface area contributed by atoms with Gasteiger partial charge in [-0.3, -0.25) is 9.89 Å². The van der Waals surface area contributed by atoms with Gasteiger partial charge in [0.05, 0.1) is 0 Å². The molecule has 1 aliphatic carbocycles. The molecule has 4 rings (SSSR count). The Labute approximate surface area is 136 Å². The summed E-state index contributed by atoms with van der Waals surface area (Å²) >= 11 is 0. The second-order valence-electron chi connectivity index (χ2n) is 6.65. The number of amides is 1. The van der Waals surface area contributed by atoms with Gasteiger partial charge < -0.3 is 10.2 Å². The highest BCUT2D eigenvalue weighted by molar-refractivity contribution is 5.92. The predicted octanol–water partition coefficient (Wildman–Crippen LogP) is 2.60. The van der Waals surface area contributed by atoms with Gasteiger partial charge in [-0.05, 0) is 48.9 Å². The molecule has 0 saturated heterocycles. The number of nitrogens with zero attached hydrogens (tertiary/aromatic N) is 2. The molecule has 120 valence electrons. The molecule has 2 heterocycles. The number of aromatic nitrogens is 2. The summed E-state index contributed by atoms with van der Waals surface area (Å²) in [6.45, 7) is 1.66. The van der Waals surface area contributed by atoms with E-state index in [4.69, 9.17) is 0 Å². The van der Waals surface area contributed by atoms with Crippen molar-refractivity contribution in [3.05, 3.63) is 46.8 Å². The van der Waals surface area contributed by atoms with Gasteiger partial charge in [0, 0.05) is 37.4 Å². The topological polar surface area (TPSA) is 61.0 Å². The number of aromatic amines is 1. The molecule has 5 nitrogen and oxygen atoms in total. The average molecular weight is 310 g/mol. The fourth-order valence-electron chi connectivity index (χ4n) is 3.28. The number of benzene rings is 1. The summed E-state index contributed by atoms with van der Waals surface area (Å²) in [7, 11) is 2.13. The van der Waals surface area contributed by atoms with Gasteiger partial charge in [-0.2, -0.15) is 5.10 Å². The first-order valence-corrected chi connectivity index (χ1v) is 8.37. The van der Waals surface area contributed by atoms with Gasteiger partial charge in [0.1, 0.15) is 5.69 Å². The molecule has 0 bridgehead atoms. The molecule has 1 amide bonds. The number of carbonyl (C=O) groups is 1. The van der Waals surface area contributed by atoms with E-state index in [0.29, 0.717) is 18.2 Å². The zero-order chi connectivity index (χ0) is 15.8. The van der Waals surface area contributed by atoms with Gasteiger partial charge in [-0.15, -0.1) is 0 Å². The molecule has 0 radical (unpaired) electrons. The quantitative estimate of drug-likeness (QED) is 0.912. The third-order valence-electron chi connectivity index (χ3n) is 4.80. The van der Waals surface area contributed by atoms with Gasteiger partial charge in [-0.1, -0.05) is 12.1 Å². The van der Waals surface area contributed by atoms with Crippen molar-refractivity contribution in [2.45, 2.75) is 38.1 Å². The van der Waals surface area contributed by atoms with Gasteiger partial charge in [-0.25, -0.2) is 0 Å². The Kier molecular flexibility index (Phi) is 3.56. The number of fused-ring (bicyclic) bond motifs is 1. The van der Waals surface area contributed by atoms with Gasteiger partial charge in [0.15, 0.2) is 0 Å². The Morgan fingerprint density at radius 1 is 1.39 bits per heavy atom. The van der Waals surface area contributed by atoms with Crippen LogP contribution in [0.4, 0.5) is 5.69 Å². The Bertz CT molecular complexity index is 732. The van der Waals surface area contributed by atoms with Crippen molar-refractivity contribution in [2.75, 3.05) is 18.5 Å². The number of anilines is 1. The monoisotopic (exact) mass is 310 g/mol. The predicted molar refractivity (Wildman–Crippen MR) is 89.8 cm³/mol. The van der Waals surface area contributed by atoms with E-state index in [2.05, 4.69) is 45.7 Å². The molecule has 2 aromatic rings. The number of H-pyrrole nitrogens is 1. The smallest absolute Gasteiger partial charge is 0.272 e. The minimum absolute atomic E-state index is 0.108. The van der Waals surface area contributed by atoms with Crippen LogP contribution in [0.15, 0.2) is 24.3 Å². The summed E-state index contributed by atoms with van der Waals surface area (Å²) in [6.07, 6.45) is 4.71. The van der Waals surface area contributed by atoms with Crippen LogP contribution in [0.5, 0.6) is 0 Å². The lowest BCUT2D eigenvalue weighted by Crippen LogP contribution is -2.26. The molecular formula is C18H22N4O. The third kappa shape index (κ3) is 2.96. The normalized spacial score (nSPS) is 17.0. The number of aryl methyl sites for hydroxylation is 1. The maximum Gasteiger partial charge on any atom is 0.272 e. The van der Waals surface area contributed by atoms with E-state index in [1.54, 1.807) is 0 Å². The van der Waals surface area contributed by atoms with E-state index < -0.39 is 0 Å². The van der Waals surface area contributed by atoms with Crippen molar-refractivity contribution >= 4 is 11.6 Å². The molecule has 1 aromatic carbocycles. The van der Waals surface area contributed by atoms with E-state index >= 15 is 0 Å². The van der Waals surface area contributed by atoms with Crippen LogP contribution in [0.3, 0.4) is 0 Å². The van der Waals surface area contributed by atoms with E-state index in [9.17, 15) is 4.79 Å². The summed E-state index contributed by atoms with van der Waals surface area (Å²) in [5.41, 5.74) is 5.41. The van der Waals surface area contributed by atoms with Gasteiger partial charge in [0.25, 0.3) is 5.91 Å². The summed E-state index contributed by atoms with van der Waals surface area (Å²) in [5, 5.41) is 10.1. The molecule has 2 N–H and O–H groups in total. The lowest BCUT2D eigenvalue weighted by molar-refractivity contribution is 0.0946. The average Bonchev–Trinajstić information content (AvgIpc) is 3.30. The van der Waals surface area contributed by atoms with Gasteiger partial charge >= 0.3 is 0 Å². The number of hydrogen-bond donors (Lipinski definition) is 2.